The molecule has 2 aromatic rings. The largest absolute Gasteiger partial charge is 0.348 e. The molecule has 1 aromatic carbocycles. The third kappa shape index (κ3) is 3.77. The minimum Gasteiger partial charge on any atom is -0.348 e. The van der Waals surface area contributed by atoms with Crippen molar-refractivity contribution < 1.29 is 4.79 Å². The molecule has 1 atom stereocenters. The number of H-pyrrole nitrogens is 1. The molecule has 0 radical (unpaired) electrons. The van der Waals surface area contributed by atoms with Crippen LogP contribution in [0.5, 0.6) is 0 Å². The first-order valence-corrected chi connectivity index (χ1v) is 6.05. The van der Waals surface area contributed by atoms with E-state index in [4.69, 9.17) is 0 Å². The molecular weight excluding hydrogens is 242 g/mol. The van der Waals surface area contributed by atoms with Crippen LogP contribution in [0.1, 0.15) is 23.0 Å². The maximum absolute atomic E-state index is 11.9. The van der Waals surface area contributed by atoms with E-state index in [2.05, 4.69) is 15.5 Å². The van der Waals surface area contributed by atoms with Crippen molar-refractivity contribution in [1.29, 1.82) is 0 Å². The second-order valence-corrected chi connectivity index (χ2v) is 4.37. The molecule has 0 aliphatic heterocycles. The summed E-state index contributed by atoms with van der Waals surface area (Å²) in [4.78, 5) is 22.7. The quantitative estimate of drug-likeness (QED) is 0.862. The molecule has 1 aromatic heterocycles. The number of amides is 1. The van der Waals surface area contributed by atoms with Crippen molar-refractivity contribution >= 4 is 5.91 Å². The average molecular weight is 257 g/mol. The molecule has 0 saturated carbocycles. The normalized spacial score (nSPS) is 11.8. The molecule has 1 amide bonds. The van der Waals surface area contributed by atoms with Crippen LogP contribution in [0.15, 0.2) is 47.3 Å². The number of carbonyl (C=O) groups is 1. The first-order chi connectivity index (χ1) is 9.15. The zero-order chi connectivity index (χ0) is 13.7. The van der Waals surface area contributed by atoms with Gasteiger partial charge in [0, 0.05) is 12.1 Å². The van der Waals surface area contributed by atoms with Crippen LogP contribution in [0.4, 0.5) is 0 Å². The van der Waals surface area contributed by atoms with Crippen LogP contribution in [0.25, 0.3) is 0 Å². The summed E-state index contributed by atoms with van der Waals surface area (Å²) in [5.41, 5.74) is 1.04. The van der Waals surface area contributed by atoms with Crippen molar-refractivity contribution in [3.05, 3.63) is 64.1 Å². The van der Waals surface area contributed by atoms with E-state index >= 15 is 0 Å². The summed E-state index contributed by atoms with van der Waals surface area (Å²) < 4.78 is 0. The van der Waals surface area contributed by atoms with Gasteiger partial charge in [-0.25, -0.2) is 5.10 Å². The summed E-state index contributed by atoms with van der Waals surface area (Å²) in [5, 5.41) is 8.77. The van der Waals surface area contributed by atoms with Gasteiger partial charge < -0.3 is 5.32 Å². The number of nitrogens with one attached hydrogen (secondary N) is 2. The molecule has 2 N–H and O–H groups in total. The van der Waals surface area contributed by atoms with Crippen LogP contribution < -0.4 is 10.9 Å². The zero-order valence-electron chi connectivity index (χ0n) is 10.6. The predicted octanol–water partition coefficient (Wildman–Crippen LogP) is 1.13. The zero-order valence-corrected chi connectivity index (χ0v) is 10.6. The molecule has 0 aliphatic rings. The van der Waals surface area contributed by atoms with Gasteiger partial charge in [0.1, 0.15) is 5.69 Å². The van der Waals surface area contributed by atoms with E-state index < -0.39 is 0 Å². The number of rotatable bonds is 4. The Labute approximate surface area is 110 Å². The SMILES string of the molecule is CC(Cc1ccccc1)NC(=O)c1ccc(=O)[nH]n1. The maximum atomic E-state index is 11.9. The molecule has 98 valence electrons. The second-order valence-electron chi connectivity index (χ2n) is 4.37. The van der Waals surface area contributed by atoms with Gasteiger partial charge in [-0.1, -0.05) is 30.3 Å². The van der Waals surface area contributed by atoms with Crippen LogP contribution in [-0.2, 0) is 6.42 Å². The van der Waals surface area contributed by atoms with E-state index in [9.17, 15) is 9.59 Å². The topological polar surface area (TPSA) is 74.8 Å². The fraction of sp³-hybridized carbons (Fsp3) is 0.214. The van der Waals surface area contributed by atoms with E-state index in [1.807, 2.05) is 37.3 Å². The van der Waals surface area contributed by atoms with Crippen molar-refractivity contribution in [2.24, 2.45) is 0 Å². The number of carbonyl (C=O) groups excluding carboxylic acids is 1. The highest BCUT2D eigenvalue weighted by Gasteiger charge is 2.11. The highest BCUT2D eigenvalue weighted by Crippen LogP contribution is 2.03. The van der Waals surface area contributed by atoms with E-state index in [-0.39, 0.29) is 23.2 Å². The van der Waals surface area contributed by atoms with Gasteiger partial charge in [0.25, 0.3) is 11.5 Å². The first kappa shape index (κ1) is 13.0. The van der Waals surface area contributed by atoms with Crippen molar-refractivity contribution in [2.75, 3.05) is 0 Å². The molecule has 0 spiro atoms. The number of aromatic amines is 1. The van der Waals surface area contributed by atoms with Gasteiger partial charge in [0.05, 0.1) is 0 Å². The van der Waals surface area contributed by atoms with Crippen LogP contribution >= 0.6 is 0 Å². The molecule has 2 rings (SSSR count). The highest BCUT2D eigenvalue weighted by molar-refractivity contribution is 5.92. The Kier molecular flexibility index (Phi) is 4.07. The monoisotopic (exact) mass is 257 g/mol. The second kappa shape index (κ2) is 5.95. The number of hydrogen-bond acceptors (Lipinski definition) is 3. The first-order valence-electron chi connectivity index (χ1n) is 6.05. The highest BCUT2D eigenvalue weighted by atomic mass is 16.2. The molecule has 19 heavy (non-hydrogen) atoms. The Bertz CT molecular complexity index is 587. The fourth-order valence-corrected chi connectivity index (χ4v) is 1.79. The molecule has 5 nitrogen and oxygen atoms in total. The van der Waals surface area contributed by atoms with E-state index in [0.29, 0.717) is 0 Å². The van der Waals surface area contributed by atoms with Crippen molar-refractivity contribution in [1.82, 2.24) is 15.5 Å². The van der Waals surface area contributed by atoms with Gasteiger partial charge in [-0.3, -0.25) is 9.59 Å². The summed E-state index contributed by atoms with van der Waals surface area (Å²) >= 11 is 0. The summed E-state index contributed by atoms with van der Waals surface area (Å²) in [6, 6.07) is 12.6. The molecule has 0 fully saturated rings. The van der Waals surface area contributed by atoms with Gasteiger partial charge in [-0.15, -0.1) is 0 Å². The summed E-state index contributed by atoms with van der Waals surface area (Å²) in [6.07, 6.45) is 0.746. The molecule has 5 heteroatoms. The van der Waals surface area contributed by atoms with Crippen molar-refractivity contribution in [3.8, 4) is 0 Å². The summed E-state index contributed by atoms with van der Waals surface area (Å²) in [7, 11) is 0. The van der Waals surface area contributed by atoms with Gasteiger partial charge in [-0.05, 0) is 25.0 Å². The standard InChI is InChI=1S/C14H15N3O2/c1-10(9-11-5-3-2-4-6-11)15-14(19)12-7-8-13(18)17-16-12/h2-8,10H,9H2,1H3,(H,15,19)(H,17,18). The third-order valence-electron chi connectivity index (χ3n) is 2.67. The van der Waals surface area contributed by atoms with Gasteiger partial charge in [-0.2, -0.15) is 5.10 Å². The van der Waals surface area contributed by atoms with Crippen molar-refractivity contribution in [3.63, 3.8) is 0 Å². The summed E-state index contributed by atoms with van der Waals surface area (Å²) in [5.74, 6) is -0.292. The minimum absolute atomic E-state index is 0.0105. The molecule has 0 aliphatic carbocycles. The van der Waals surface area contributed by atoms with Gasteiger partial charge >= 0.3 is 0 Å². The Morgan fingerprint density at radius 1 is 1.26 bits per heavy atom. The summed E-state index contributed by atoms with van der Waals surface area (Å²) in [6.45, 7) is 1.93. The predicted molar refractivity (Wildman–Crippen MR) is 71.9 cm³/mol. The van der Waals surface area contributed by atoms with Gasteiger partial charge in [0.2, 0.25) is 0 Å². The molecule has 0 bridgehead atoms. The lowest BCUT2D eigenvalue weighted by atomic mass is 10.1. The van der Waals surface area contributed by atoms with Crippen LogP contribution in [-0.4, -0.2) is 22.1 Å². The number of hydrogen-bond donors (Lipinski definition) is 2. The maximum Gasteiger partial charge on any atom is 0.271 e. The van der Waals surface area contributed by atoms with Gasteiger partial charge in [0.15, 0.2) is 0 Å². The molecule has 1 unspecified atom stereocenters. The lowest BCUT2D eigenvalue weighted by molar-refractivity contribution is 0.0934. The van der Waals surface area contributed by atoms with Crippen LogP contribution in [0.2, 0.25) is 0 Å². The molecular formula is C14H15N3O2. The van der Waals surface area contributed by atoms with E-state index in [1.54, 1.807) is 0 Å². The smallest absolute Gasteiger partial charge is 0.271 e. The number of nitrogens with zero attached hydrogens (tertiary/aromatic N) is 1. The number of aromatic nitrogens is 2. The van der Waals surface area contributed by atoms with E-state index in [1.165, 1.54) is 12.1 Å². The fourth-order valence-electron chi connectivity index (χ4n) is 1.79. The van der Waals surface area contributed by atoms with Crippen LogP contribution in [0, 0.1) is 0 Å². The van der Waals surface area contributed by atoms with Crippen LogP contribution in [0.3, 0.4) is 0 Å². The molecule has 0 saturated heterocycles. The minimum atomic E-state index is -0.325. The molecule has 1 heterocycles. The third-order valence-corrected chi connectivity index (χ3v) is 2.67. The number of benzene rings is 1. The average Bonchev–Trinajstić information content (AvgIpc) is 2.40. The lowest BCUT2D eigenvalue weighted by Gasteiger charge is -2.13. The Morgan fingerprint density at radius 3 is 2.63 bits per heavy atom. The Morgan fingerprint density at radius 2 is 2.00 bits per heavy atom. The Balaban J connectivity index is 1.95. The van der Waals surface area contributed by atoms with E-state index in [0.717, 1.165) is 12.0 Å². The lowest BCUT2D eigenvalue weighted by Crippen LogP contribution is -2.35. The Hall–Kier alpha value is -2.43. The van der Waals surface area contributed by atoms with Crippen molar-refractivity contribution in [2.45, 2.75) is 19.4 Å².